The Hall–Kier alpha value is -1.05. The van der Waals surface area contributed by atoms with Crippen LogP contribution >= 0.6 is 0 Å². The normalized spacial score (nSPS) is 15.9. The summed E-state index contributed by atoms with van der Waals surface area (Å²) in [5.74, 6) is 0.590. The Morgan fingerprint density at radius 3 is 2.93 bits per heavy atom. The number of anilines is 1. The second-order valence-corrected chi connectivity index (χ2v) is 4.38. The topological polar surface area (TPSA) is 16.1 Å². The molecule has 76 valence electrons. The molecule has 2 nitrogen and oxygen atoms in total. The van der Waals surface area contributed by atoms with Crippen LogP contribution in [0.2, 0.25) is 0 Å². The number of pyridine rings is 1. The van der Waals surface area contributed by atoms with Crippen LogP contribution in [0.3, 0.4) is 0 Å². The summed E-state index contributed by atoms with van der Waals surface area (Å²) in [6, 6.07) is 2.16. The molecule has 2 rings (SSSR count). The predicted molar refractivity (Wildman–Crippen MR) is 59.9 cm³/mol. The van der Waals surface area contributed by atoms with Gasteiger partial charge >= 0.3 is 0 Å². The quantitative estimate of drug-likeness (QED) is 0.676. The smallest absolute Gasteiger partial charge is 0.0640 e. The molecule has 0 amide bonds. The minimum absolute atomic E-state index is 0.590. The first-order valence-electron chi connectivity index (χ1n) is 5.39. The zero-order valence-corrected chi connectivity index (χ0v) is 9.25. The molecule has 1 aliphatic heterocycles. The highest BCUT2D eigenvalue weighted by Gasteiger charge is 2.19. The summed E-state index contributed by atoms with van der Waals surface area (Å²) in [5.41, 5.74) is 4.11. The van der Waals surface area contributed by atoms with Gasteiger partial charge in [0.1, 0.15) is 0 Å². The molecule has 0 unspecified atom stereocenters. The van der Waals surface area contributed by atoms with Crippen molar-refractivity contribution in [2.24, 2.45) is 0 Å². The second kappa shape index (κ2) is 3.60. The molecule has 0 spiro atoms. The van der Waals surface area contributed by atoms with Gasteiger partial charge in [0.25, 0.3) is 0 Å². The maximum atomic E-state index is 4.47. The fraction of sp³-hybridized carbons (Fsp3) is 0.583. The van der Waals surface area contributed by atoms with Crippen molar-refractivity contribution in [1.29, 1.82) is 0 Å². The van der Waals surface area contributed by atoms with Crippen molar-refractivity contribution in [3.8, 4) is 0 Å². The molecule has 1 aliphatic rings. The van der Waals surface area contributed by atoms with Crippen molar-refractivity contribution in [2.45, 2.75) is 32.6 Å². The summed E-state index contributed by atoms with van der Waals surface area (Å²) in [5, 5.41) is 0. The number of aryl methyl sites for hydroxylation is 1. The number of rotatable bonds is 1. The molecule has 0 aromatic carbocycles. The molecule has 0 aliphatic carbocycles. The van der Waals surface area contributed by atoms with Crippen LogP contribution in [0.25, 0.3) is 0 Å². The Morgan fingerprint density at radius 1 is 1.43 bits per heavy atom. The third-order valence-electron chi connectivity index (χ3n) is 2.94. The van der Waals surface area contributed by atoms with Crippen LogP contribution in [-0.4, -0.2) is 18.6 Å². The first-order valence-corrected chi connectivity index (χ1v) is 5.39. The fourth-order valence-electron chi connectivity index (χ4n) is 2.20. The standard InChI is InChI=1S/C12H18N2/c1-9(2)10-6-7-13-11-5-4-8-14(3)12(10)11/h6-7,9H,4-5,8H2,1-3H3. The van der Waals surface area contributed by atoms with Gasteiger partial charge in [-0.15, -0.1) is 0 Å². The highest BCUT2D eigenvalue weighted by Crippen LogP contribution is 2.32. The molecule has 14 heavy (non-hydrogen) atoms. The molecule has 2 heterocycles. The minimum Gasteiger partial charge on any atom is -0.373 e. The fourth-order valence-corrected chi connectivity index (χ4v) is 2.20. The third-order valence-corrected chi connectivity index (χ3v) is 2.94. The third kappa shape index (κ3) is 1.49. The average molecular weight is 190 g/mol. The van der Waals surface area contributed by atoms with Crippen LogP contribution < -0.4 is 4.90 Å². The lowest BCUT2D eigenvalue weighted by Gasteiger charge is -2.30. The molecule has 0 atom stereocenters. The number of fused-ring (bicyclic) bond motifs is 1. The monoisotopic (exact) mass is 190 g/mol. The summed E-state index contributed by atoms with van der Waals surface area (Å²) in [7, 11) is 2.17. The molecule has 0 fully saturated rings. The van der Waals surface area contributed by atoms with Crippen LogP contribution in [0, 0.1) is 0 Å². The predicted octanol–water partition coefficient (Wildman–Crippen LogP) is 2.59. The van der Waals surface area contributed by atoms with Crippen molar-refractivity contribution in [3.05, 3.63) is 23.5 Å². The Balaban J connectivity index is 2.52. The van der Waals surface area contributed by atoms with E-state index in [1.165, 1.54) is 29.9 Å². The van der Waals surface area contributed by atoms with Crippen molar-refractivity contribution >= 4 is 5.69 Å². The van der Waals surface area contributed by atoms with E-state index in [-0.39, 0.29) is 0 Å². The summed E-state index contributed by atoms with van der Waals surface area (Å²) in [6.45, 7) is 5.66. The minimum atomic E-state index is 0.590. The van der Waals surface area contributed by atoms with Crippen molar-refractivity contribution < 1.29 is 0 Å². The largest absolute Gasteiger partial charge is 0.373 e. The van der Waals surface area contributed by atoms with Crippen LogP contribution in [0.15, 0.2) is 12.3 Å². The molecular weight excluding hydrogens is 172 g/mol. The van der Waals surface area contributed by atoms with Gasteiger partial charge in [-0.05, 0) is 30.4 Å². The molecule has 0 radical (unpaired) electrons. The van der Waals surface area contributed by atoms with Gasteiger partial charge in [-0.25, -0.2) is 0 Å². The Labute approximate surface area is 86.0 Å². The zero-order chi connectivity index (χ0) is 10.1. The number of aromatic nitrogens is 1. The van der Waals surface area contributed by atoms with Crippen LogP contribution in [0.4, 0.5) is 5.69 Å². The molecule has 2 heteroatoms. The van der Waals surface area contributed by atoms with Crippen LogP contribution in [0.5, 0.6) is 0 Å². The molecule has 1 aromatic rings. The number of hydrogen-bond acceptors (Lipinski definition) is 2. The van der Waals surface area contributed by atoms with Gasteiger partial charge in [-0.3, -0.25) is 4.98 Å². The van der Waals surface area contributed by atoms with Gasteiger partial charge in [0.15, 0.2) is 0 Å². The van der Waals surface area contributed by atoms with E-state index < -0.39 is 0 Å². The lowest BCUT2D eigenvalue weighted by Crippen LogP contribution is -2.27. The van der Waals surface area contributed by atoms with Gasteiger partial charge in [-0.1, -0.05) is 13.8 Å². The van der Waals surface area contributed by atoms with Crippen molar-refractivity contribution in [2.75, 3.05) is 18.5 Å². The van der Waals surface area contributed by atoms with Crippen LogP contribution in [0.1, 0.15) is 37.4 Å². The Morgan fingerprint density at radius 2 is 2.21 bits per heavy atom. The molecule has 0 bridgehead atoms. The van der Waals surface area contributed by atoms with E-state index in [9.17, 15) is 0 Å². The van der Waals surface area contributed by atoms with Gasteiger partial charge < -0.3 is 4.90 Å². The van der Waals surface area contributed by atoms with Gasteiger partial charge in [0.05, 0.1) is 11.4 Å². The zero-order valence-electron chi connectivity index (χ0n) is 9.25. The molecule has 1 aromatic heterocycles. The number of nitrogens with zero attached hydrogens (tertiary/aromatic N) is 2. The van der Waals surface area contributed by atoms with Gasteiger partial charge in [0.2, 0.25) is 0 Å². The lowest BCUT2D eigenvalue weighted by atomic mass is 9.96. The molecule has 0 saturated carbocycles. The highest BCUT2D eigenvalue weighted by atomic mass is 15.1. The van der Waals surface area contributed by atoms with E-state index in [4.69, 9.17) is 0 Å². The Bertz CT molecular complexity index is 331. The Kier molecular flexibility index (Phi) is 2.44. The summed E-state index contributed by atoms with van der Waals surface area (Å²) in [6.07, 6.45) is 4.33. The maximum Gasteiger partial charge on any atom is 0.0640 e. The first kappa shape index (κ1) is 9.50. The van der Waals surface area contributed by atoms with Gasteiger partial charge in [-0.2, -0.15) is 0 Å². The highest BCUT2D eigenvalue weighted by molar-refractivity contribution is 5.59. The summed E-state index contributed by atoms with van der Waals surface area (Å²) >= 11 is 0. The number of hydrogen-bond donors (Lipinski definition) is 0. The summed E-state index contributed by atoms with van der Waals surface area (Å²) in [4.78, 5) is 6.82. The van der Waals surface area contributed by atoms with E-state index in [0.29, 0.717) is 5.92 Å². The molecular formula is C12H18N2. The van der Waals surface area contributed by atoms with E-state index in [1.54, 1.807) is 0 Å². The maximum absolute atomic E-state index is 4.47. The van der Waals surface area contributed by atoms with E-state index in [2.05, 4.69) is 36.8 Å². The van der Waals surface area contributed by atoms with E-state index >= 15 is 0 Å². The molecule has 0 saturated heterocycles. The second-order valence-electron chi connectivity index (χ2n) is 4.38. The summed E-state index contributed by atoms with van der Waals surface area (Å²) < 4.78 is 0. The van der Waals surface area contributed by atoms with Crippen molar-refractivity contribution in [3.63, 3.8) is 0 Å². The SMILES string of the molecule is CC(C)c1ccnc2c1N(C)CCC2. The van der Waals surface area contributed by atoms with Gasteiger partial charge in [0, 0.05) is 19.8 Å². The van der Waals surface area contributed by atoms with E-state index in [0.717, 1.165) is 6.42 Å². The van der Waals surface area contributed by atoms with Crippen molar-refractivity contribution in [1.82, 2.24) is 4.98 Å². The first-order chi connectivity index (χ1) is 6.70. The lowest BCUT2D eigenvalue weighted by molar-refractivity contribution is 0.709. The van der Waals surface area contributed by atoms with Crippen LogP contribution in [-0.2, 0) is 6.42 Å². The average Bonchev–Trinajstić information content (AvgIpc) is 2.17. The molecule has 0 N–H and O–H groups in total. The van der Waals surface area contributed by atoms with E-state index in [1.807, 2.05) is 6.20 Å².